The molecule has 1 saturated heterocycles. The van der Waals surface area contributed by atoms with Gasteiger partial charge in [0.2, 0.25) is 11.8 Å². The monoisotopic (exact) mass is 446 g/mol. The van der Waals surface area contributed by atoms with Crippen molar-refractivity contribution in [3.8, 4) is 0 Å². The second kappa shape index (κ2) is 13.1. The van der Waals surface area contributed by atoms with Gasteiger partial charge in [-0.1, -0.05) is 58.0 Å². The average molecular weight is 447 g/mol. The second-order valence-corrected chi connectivity index (χ2v) is 8.22. The van der Waals surface area contributed by atoms with Crippen LogP contribution in [-0.2, 0) is 16.1 Å². The summed E-state index contributed by atoms with van der Waals surface area (Å²) in [5, 5.41) is 5.74. The Labute approximate surface area is 187 Å². The minimum Gasteiger partial charge on any atom is -0.351 e. The van der Waals surface area contributed by atoms with Crippen LogP contribution < -0.4 is 16.4 Å². The number of nitrogens with two attached hydrogens (primary N) is 1. The molecular weight excluding hydrogens is 411 g/mol. The lowest BCUT2D eigenvalue weighted by molar-refractivity contribution is -0.128. The lowest BCUT2D eigenvalue weighted by atomic mass is 9.85. The third-order valence-electron chi connectivity index (χ3n) is 5.34. The molecule has 29 heavy (non-hydrogen) atoms. The SMILES string of the molecule is CC1CN(Cc2ccccc2)CC(C)C1NC(=O)CNC(=O)[C@@H](N)C(C)C.Cl.Cl. The van der Waals surface area contributed by atoms with Crippen LogP contribution in [0, 0.1) is 17.8 Å². The summed E-state index contributed by atoms with van der Waals surface area (Å²) in [6, 6.07) is 9.98. The molecule has 0 saturated carbocycles. The van der Waals surface area contributed by atoms with Crippen molar-refractivity contribution in [3.05, 3.63) is 35.9 Å². The molecule has 1 fully saturated rings. The predicted octanol–water partition coefficient (Wildman–Crippen LogP) is 2.20. The molecule has 1 aliphatic rings. The number of halogens is 2. The van der Waals surface area contributed by atoms with Gasteiger partial charge in [0, 0.05) is 25.7 Å². The Balaban J connectivity index is 0.00000392. The zero-order valence-electron chi connectivity index (χ0n) is 17.8. The van der Waals surface area contributed by atoms with E-state index in [1.807, 2.05) is 19.9 Å². The summed E-state index contributed by atoms with van der Waals surface area (Å²) in [6.45, 7) is 10.9. The standard InChI is InChI=1S/C21H34N4O2.2ClH/c1-14(2)19(22)21(27)23-10-18(26)24-20-15(3)11-25(12-16(20)4)13-17-8-6-5-7-9-17;;/h5-9,14-16,19-20H,10-13,22H2,1-4H3,(H,23,27)(H,24,26);2*1H/t15?,16?,19-,20?;;/m0../s1. The number of piperidine rings is 1. The average Bonchev–Trinajstić information content (AvgIpc) is 2.62. The maximum atomic E-state index is 12.3. The molecule has 3 atom stereocenters. The zero-order chi connectivity index (χ0) is 20.0. The highest BCUT2D eigenvalue weighted by Gasteiger charge is 2.33. The van der Waals surface area contributed by atoms with Crippen molar-refractivity contribution < 1.29 is 9.59 Å². The van der Waals surface area contributed by atoms with Gasteiger partial charge in [0.1, 0.15) is 0 Å². The summed E-state index contributed by atoms with van der Waals surface area (Å²) in [4.78, 5) is 26.6. The highest BCUT2D eigenvalue weighted by molar-refractivity contribution is 5.87. The Bertz CT molecular complexity index is 618. The van der Waals surface area contributed by atoms with E-state index in [9.17, 15) is 9.59 Å². The normalized spacial score (nSPS) is 22.8. The van der Waals surface area contributed by atoms with E-state index in [1.165, 1.54) is 5.56 Å². The number of hydrogen-bond donors (Lipinski definition) is 3. The van der Waals surface area contributed by atoms with Crippen molar-refractivity contribution in [1.29, 1.82) is 0 Å². The quantitative estimate of drug-likeness (QED) is 0.598. The number of likely N-dealkylation sites (tertiary alicyclic amines) is 1. The molecule has 0 spiro atoms. The van der Waals surface area contributed by atoms with Crippen LogP contribution in [-0.4, -0.2) is 48.4 Å². The fourth-order valence-electron chi connectivity index (χ4n) is 3.76. The molecule has 6 nitrogen and oxygen atoms in total. The number of benzene rings is 1. The highest BCUT2D eigenvalue weighted by Crippen LogP contribution is 2.23. The van der Waals surface area contributed by atoms with Gasteiger partial charge >= 0.3 is 0 Å². The van der Waals surface area contributed by atoms with E-state index >= 15 is 0 Å². The van der Waals surface area contributed by atoms with Crippen molar-refractivity contribution in [2.24, 2.45) is 23.5 Å². The fraction of sp³-hybridized carbons (Fsp3) is 0.619. The van der Waals surface area contributed by atoms with Crippen molar-refractivity contribution in [1.82, 2.24) is 15.5 Å². The molecule has 8 heteroatoms. The Morgan fingerprint density at radius 1 is 1.10 bits per heavy atom. The second-order valence-electron chi connectivity index (χ2n) is 8.22. The smallest absolute Gasteiger partial charge is 0.239 e. The molecule has 1 aliphatic heterocycles. The first-order chi connectivity index (χ1) is 12.8. The van der Waals surface area contributed by atoms with Crippen molar-refractivity contribution in [2.75, 3.05) is 19.6 Å². The van der Waals surface area contributed by atoms with E-state index < -0.39 is 6.04 Å². The molecule has 0 bridgehead atoms. The van der Waals surface area contributed by atoms with E-state index in [4.69, 9.17) is 5.73 Å². The van der Waals surface area contributed by atoms with Crippen LogP contribution >= 0.6 is 24.8 Å². The number of carbonyl (C=O) groups is 2. The number of rotatable bonds is 7. The number of nitrogens with one attached hydrogen (secondary N) is 2. The van der Waals surface area contributed by atoms with E-state index in [0.29, 0.717) is 11.8 Å². The van der Waals surface area contributed by atoms with Gasteiger partial charge in [-0.15, -0.1) is 24.8 Å². The Morgan fingerprint density at radius 3 is 2.17 bits per heavy atom. The first kappa shape index (κ1) is 27.7. The molecule has 0 aliphatic carbocycles. The van der Waals surface area contributed by atoms with Crippen LogP contribution in [0.5, 0.6) is 0 Å². The number of hydrogen-bond acceptors (Lipinski definition) is 4. The van der Waals surface area contributed by atoms with Crippen molar-refractivity contribution in [3.63, 3.8) is 0 Å². The summed E-state index contributed by atoms with van der Waals surface area (Å²) in [6.07, 6.45) is 0. The number of carbonyl (C=O) groups excluding carboxylic acids is 2. The first-order valence-electron chi connectivity index (χ1n) is 9.86. The molecule has 0 aromatic heterocycles. The molecule has 1 aromatic rings. The van der Waals surface area contributed by atoms with Gasteiger partial charge in [-0.05, 0) is 23.3 Å². The number of amides is 2. The van der Waals surface area contributed by atoms with Gasteiger partial charge in [0.15, 0.2) is 0 Å². The molecule has 2 rings (SSSR count). The minimum atomic E-state index is -0.586. The molecule has 1 heterocycles. The van der Waals surface area contributed by atoms with Gasteiger partial charge in [-0.2, -0.15) is 0 Å². The topological polar surface area (TPSA) is 87.5 Å². The van der Waals surface area contributed by atoms with Crippen LogP contribution in [0.2, 0.25) is 0 Å². The van der Waals surface area contributed by atoms with Gasteiger partial charge in [0.25, 0.3) is 0 Å². The predicted molar refractivity (Wildman–Crippen MR) is 122 cm³/mol. The van der Waals surface area contributed by atoms with Crippen LogP contribution in [0.3, 0.4) is 0 Å². The van der Waals surface area contributed by atoms with Crippen LogP contribution in [0.15, 0.2) is 30.3 Å². The first-order valence-corrected chi connectivity index (χ1v) is 9.86. The van der Waals surface area contributed by atoms with Gasteiger partial charge in [0.05, 0.1) is 12.6 Å². The van der Waals surface area contributed by atoms with Gasteiger partial charge in [-0.25, -0.2) is 0 Å². The largest absolute Gasteiger partial charge is 0.351 e. The summed E-state index contributed by atoms with van der Waals surface area (Å²) < 4.78 is 0. The molecule has 4 N–H and O–H groups in total. The van der Waals surface area contributed by atoms with E-state index in [1.54, 1.807) is 0 Å². The number of nitrogens with zero attached hydrogens (tertiary/aromatic N) is 1. The zero-order valence-corrected chi connectivity index (χ0v) is 19.4. The molecule has 2 amide bonds. The van der Waals surface area contributed by atoms with E-state index in [-0.39, 0.29) is 55.1 Å². The molecule has 0 radical (unpaired) electrons. The van der Waals surface area contributed by atoms with Crippen molar-refractivity contribution >= 4 is 36.6 Å². The Hall–Kier alpha value is -1.34. The summed E-state index contributed by atoms with van der Waals surface area (Å²) in [5.41, 5.74) is 7.11. The van der Waals surface area contributed by atoms with E-state index in [2.05, 4.69) is 53.6 Å². The molecule has 1 aromatic carbocycles. The summed E-state index contributed by atoms with van der Waals surface area (Å²) in [7, 11) is 0. The Kier molecular flexibility index (Phi) is 12.5. The lowest BCUT2D eigenvalue weighted by Crippen LogP contribution is -2.56. The maximum absolute atomic E-state index is 12.3. The third kappa shape index (κ3) is 8.51. The molecule has 166 valence electrons. The van der Waals surface area contributed by atoms with E-state index in [0.717, 1.165) is 19.6 Å². The maximum Gasteiger partial charge on any atom is 0.239 e. The fourth-order valence-corrected chi connectivity index (χ4v) is 3.76. The molecular formula is C21H36Cl2N4O2. The lowest BCUT2D eigenvalue weighted by Gasteiger charge is -2.41. The summed E-state index contributed by atoms with van der Waals surface area (Å²) >= 11 is 0. The Morgan fingerprint density at radius 2 is 1.66 bits per heavy atom. The third-order valence-corrected chi connectivity index (χ3v) is 5.34. The molecule has 2 unspecified atom stereocenters. The van der Waals surface area contributed by atoms with Crippen LogP contribution in [0.25, 0.3) is 0 Å². The van der Waals surface area contributed by atoms with Crippen LogP contribution in [0.1, 0.15) is 33.3 Å². The summed E-state index contributed by atoms with van der Waals surface area (Å²) in [5.74, 6) is 0.297. The highest BCUT2D eigenvalue weighted by atomic mass is 35.5. The minimum absolute atomic E-state index is 0. The van der Waals surface area contributed by atoms with Gasteiger partial charge < -0.3 is 16.4 Å². The van der Waals surface area contributed by atoms with Gasteiger partial charge in [-0.3, -0.25) is 14.5 Å². The van der Waals surface area contributed by atoms with Crippen LogP contribution in [0.4, 0.5) is 0 Å². The van der Waals surface area contributed by atoms with Crippen molar-refractivity contribution in [2.45, 2.75) is 46.3 Å².